The van der Waals surface area contributed by atoms with Crippen molar-refractivity contribution < 1.29 is 28.9 Å². The summed E-state index contributed by atoms with van der Waals surface area (Å²) in [6, 6.07) is 2.71. The molecule has 7 nitrogen and oxygen atoms in total. The molecule has 0 unspecified atom stereocenters. The molecule has 0 aromatic carbocycles. The van der Waals surface area contributed by atoms with Gasteiger partial charge in [-0.1, -0.05) is 26.3 Å². The van der Waals surface area contributed by atoms with Gasteiger partial charge in [-0.3, -0.25) is 0 Å². The summed E-state index contributed by atoms with van der Waals surface area (Å²) in [5.41, 5.74) is 2.04. The molecule has 5 N–H and O–H groups in total. The lowest BCUT2D eigenvalue weighted by molar-refractivity contribution is -0.231. The topological polar surface area (TPSA) is 129 Å². The van der Waals surface area contributed by atoms with Crippen LogP contribution >= 0.6 is 0 Å². The quantitative estimate of drug-likeness (QED) is 0.456. The van der Waals surface area contributed by atoms with Gasteiger partial charge in [0.15, 0.2) is 5.60 Å². The number of carboxylic acids is 1. The second-order valence-corrected chi connectivity index (χ2v) is 11.6. The maximum atomic E-state index is 17.5. The highest BCUT2D eigenvalue weighted by Gasteiger charge is 2.76. The Morgan fingerprint density at radius 3 is 2.64 bits per heavy atom. The molecule has 8 atom stereocenters. The fourth-order valence-electron chi connectivity index (χ4n) is 8.17. The Hall–Kier alpha value is -2.65. The number of hydrogen-bond acceptors (Lipinski definition) is 6. The minimum Gasteiger partial charge on any atom is -0.479 e. The summed E-state index contributed by atoms with van der Waals surface area (Å²) in [5.74, 6) is -3.52. The van der Waals surface area contributed by atoms with Crippen molar-refractivity contribution in [2.45, 2.75) is 70.2 Å². The Morgan fingerprint density at radius 1 is 1.31 bits per heavy atom. The number of aliphatic hydroxyl groups is 2. The lowest BCUT2D eigenvalue weighted by Gasteiger charge is -2.63. The number of allylic oxidation sites excluding steroid dienone is 3. The fourth-order valence-corrected chi connectivity index (χ4v) is 8.17. The van der Waals surface area contributed by atoms with Crippen LogP contribution in [0, 0.1) is 34.5 Å². The van der Waals surface area contributed by atoms with Crippen LogP contribution in [0.2, 0.25) is 0 Å². The third-order valence-electron chi connectivity index (χ3n) is 10.1. The molecule has 3 saturated carbocycles. The average molecular weight is 502 g/mol. The van der Waals surface area contributed by atoms with Gasteiger partial charge in [-0.15, -0.1) is 0 Å². The standard InChI is InChI=1S/C27H33F2N3O4/c1-14-8-19-18-6-4-16-9-20(32-17-5-7-22(28)31-13-17)15(12-30)10-24(16,2)26(18,29)21(33)11-25(19,3)27(14,36)23(34)35/h5,7,9,12-14,18-19,21,33,36H,4,6,8,10-11,30H2,1-3H3,(H,34,35)/t14-,18+,19+,21+,24+,25+,26+,27+/m1/s1. The summed E-state index contributed by atoms with van der Waals surface area (Å²) in [6.45, 7) is 5.19. The van der Waals surface area contributed by atoms with E-state index in [1.54, 1.807) is 20.8 Å². The highest BCUT2D eigenvalue weighted by molar-refractivity contribution is 6.11. The van der Waals surface area contributed by atoms with Crippen molar-refractivity contribution in [2.24, 2.45) is 39.3 Å². The average Bonchev–Trinajstić information content (AvgIpc) is 3.03. The number of pyridine rings is 1. The molecule has 1 aromatic rings. The highest BCUT2D eigenvalue weighted by Crippen LogP contribution is 2.71. The van der Waals surface area contributed by atoms with E-state index in [-0.39, 0.29) is 12.8 Å². The lowest BCUT2D eigenvalue weighted by Crippen LogP contribution is -2.69. The van der Waals surface area contributed by atoms with Gasteiger partial charge in [0.1, 0.15) is 5.67 Å². The van der Waals surface area contributed by atoms with Gasteiger partial charge in [-0.2, -0.15) is 4.39 Å². The van der Waals surface area contributed by atoms with E-state index in [1.807, 2.05) is 6.08 Å². The minimum atomic E-state index is -2.04. The van der Waals surface area contributed by atoms with Gasteiger partial charge >= 0.3 is 5.97 Å². The van der Waals surface area contributed by atoms with Crippen LogP contribution in [-0.4, -0.2) is 49.4 Å². The molecule has 0 aliphatic heterocycles. The van der Waals surface area contributed by atoms with E-state index in [2.05, 4.69) is 9.98 Å². The number of rotatable bonds is 2. The van der Waals surface area contributed by atoms with Crippen molar-refractivity contribution in [3.63, 3.8) is 0 Å². The van der Waals surface area contributed by atoms with Gasteiger partial charge in [-0.05, 0) is 73.9 Å². The van der Waals surface area contributed by atoms with Gasteiger partial charge in [0.05, 0.1) is 23.7 Å². The summed E-state index contributed by atoms with van der Waals surface area (Å²) >= 11 is 0. The predicted molar refractivity (Wildman–Crippen MR) is 130 cm³/mol. The SMILES string of the molecule is C[C@@H]1C[C@H]2[C@@H]3CCC4=CC(=Nc5ccc(F)nc5)C(=CN)C[C@]4(C)[C@@]3(F)[C@@H](O)C[C@]2(C)[C@@]1(O)C(=O)O. The molecular weight excluding hydrogens is 468 g/mol. The first kappa shape index (κ1) is 25.0. The third kappa shape index (κ3) is 2.99. The first-order valence-electron chi connectivity index (χ1n) is 12.5. The monoisotopic (exact) mass is 501 g/mol. The van der Waals surface area contributed by atoms with E-state index in [4.69, 9.17) is 5.73 Å². The van der Waals surface area contributed by atoms with Crippen LogP contribution in [0.5, 0.6) is 0 Å². The normalized spacial score (nSPS) is 46.1. The third-order valence-corrected chi connectivity index (χ3v) is 10.1. The number of nitrogens with zero attached hydrogens (tertiary/aromatic N) is 2. The van der Waals surface area contributed by atoms with Crippen LogP contribution < -0.4 is 5.73 Å². The van der Waals surface area contributed by atoms with Gasteiger partial charge in [0.25, 0.3) is 0 Å². The number of halogens is 2. The van der Waals surface area contributed by atoms with Crippen molar-refractivity contribution >= 4 is 17.4 Å². The molecule has 3 fully saturated rings. The molecule has 1 heterocycles. The number of fused-ring (bicyclic) bond motifs is 5. The molecule has 4 aliphatic rings. The summed E-state index contributed by atoms with van der Waals surface area (Å²) in [7, 11) is 0. The Morgan fingerprint density at radius 2 is 2.03 bits per heavy atom. The van der Waals surface area contributed by atoms with Crippen LogP contribution in [0.25, 0.3) is 0 Å². The maximum absolute atomic E-state index is 17.5. The summed E-state index contributed by atoms with van der Waals surface area (Å²) < 4.78 is 30.8. The molecule has 5 rings (SSSR count). The number of aliphatic imine (C=N–C) groups is 1. The minimum absolute atomic E-state index is 0.148. The number of carboxylic acid groups (broad SMARTS) is 1. The van der Waals surface area contributed by atoms with Crippen LogP contribution in [0.15, 0.2) is 46.7 Å². The van der Waals surface area contributed by atoms with E-state index in [0.717, 1.165) is 5.57 Å². The van der Waals surface area contributed by atoms with Crippen molar-refractivity contribution in [3.8, 4) is 0 Å². The number of alkyl halides is 1. The maximum Gasteiger partial charge on any atom is 0.336 e. The van der Waals surface area contributed by atoms with Gasteiger partial charge < -0.3 is 21.1 Å². The number of carbonyl (C=O) groups is 1. The first-order chi connectivity index (χ1) is 16.8. The largest absolute Gasteiger partial charge is 0.479 e. The van der Waals surface area contributed by atoms with E-state index in [9.17, 15) is 24.5 Å². The number of nitrogens with two attached hydrogens (primary N) is 1. The number of aliphatic hydroxyl groups excluding tert-OH is 1. The molecule has 0 bridgehead atoms. The van der Waals surface area contributed by atoms with Crippen molar-refractivity contribution in [2.75, 3.05) is 0 Å². The van der Waals surface area contributed by atoms with E-state index in [1.165, 1.54) is 24.5 Å². The van der Waals surface area contributed by atoms with E-state index in [0.29, 0.717) is 36.2 Å². The van der Waals surface area contributed by atoms with Crippen LogP contribution in [0.4, 0.5) is 14.5 Å². The summed E-state index contributed by atoms with van der Waals surface area (Å²) in [4.78, 5) is 20.4. The fraction of sp³-hybridized carbons (Fsp3) is 0.593. The summed E-state index contributed by atoms with van der Waals surface area (Å²) in [5, 5.41) is 32.7. The first-order valence-corrected chi connectivity index (χ1v) is 12.5. The Balaban J connectivity index is 1.59. The molecule has 0 saturated heterocycles. The summed E-state index contributed by atoms with van der Waals surface area (Å²) in [6.07, 6.45) is 4.45. The molecule has 0 amide bonds. The Labute approximate surface area is 208 Å². The highest BCUT2D eigenvalue weighted by atomic mass is 19.1. The molecule has 9 heteroatoms. The van der Waals surface area contributed by atoms with Crippen LogP contribution in [0.1, 0.15) is 52.9 Å². The molecule has 4 aliphatic carbocycles. The number of aromatic nitrogens is 1. The van der Waals surface area contributed by atoms with E-state index < -0.39 is 57.9 Å². The molecule has 194 valence electrons. The van der Waals surface area contributed by atoms with Crippen molar-refractivity contribution in [1.82, 2.24) is 4.98 Å². The number of aliphatic carboxylic acids is 1. The second kappa shape index (κ2) is 7.92. The molecule has 36 heavy (non-hydrogen) atoms. The smallest absolute Gasteiger partial charge is 0.336 e. The van der Waals surface area contributed by atoms with Gasteiger partial charge in [-0.25, -0.2) is 19.2 Å². The lowest BCUT2D eigenvalue weighted by atomic mass is 9.43. The van der Waals surface area contributed by atoms with Gasteiger partial charge in [0.2, 0.25) is 5.95 Å². The Bertz CT molecular complexity index is 1200. The Kier molecular flexibility index (Phi) is 5.51. The predicted octanol–water partition coefficient (Wildman–Crippen LogP) is 3.83. The van der Waals surface area contributed by atoms with E-state index >= 15 is 4.39 Å². The van der Waals surface area contributed by atoms with Crippen LogP contribution in [0.3, 0.4) is 0 Å². The number of hydrogen-bond donors (Lipinski definition) is 4. The van der Waals surface area contributed by atoms with Gasteiger partial charge in [0, 0.05) is 16.7 Å². The molecule has 0 radical (unpaired) electrons. The van der Waals surface area contributed by atoms with Crippen LogP contribution in [-0.2, 0) is 4.79 Å². The van der Waals surface area contributed by atoms with Crippen molar-refractivity contribution in [1.29, 1.82) is 0 Å². The zero-order chi connectivity index (χ0) is 26.3. The molecule has 0 spiro atoms. The second-order valence-electron chi connectivity index (χ2n) is 11.6. The zero-order valence-electron chi connectivity index (χ0n) is 20.7. The molecular formula is C27H33F2N3O4. The zero-order valence-corrected chi connectivity index (χ0v) is 20.7. The van der Waals surface area contributed by atoms with Crippen molar-refractivity contribution in [3.05, 3.63) is 47.7 Å². The molecule has 1 aromatic heterocycles.